The molecule has 0 bridgehead atoms. The number of fused-ring (bicyclic) bond motifs is 1. The van der Waals surface area contributed by atoms with Gasteiger partial charge >= 0.3 is 0 Å². The van der Waals surface area contributed by atoms with Crippen molar-refractivity contribution in [3.63, 3.8) is 0 Å². The van der Waals surface area contributed by atoms with E-state index in [0.717, 1.165) is 28.0 Å². The molecule has 0 aliphatic carbocycles. The van der Waals surface area contributed by atoms with Gasteiger partial charge in [0.05, 0.1) is 14.2 Å². The van der Waals surface area contributed by atoms with Crippen LogP contribution in [0.4, 0.5) is 5.95 Å². The van der Waals surface area contributed by atoms with E-state index in [1.54, 1.807) is 32.7 Å². The lowest BCUT2D eigenvalue weighted by Gasteiger charge is -2.34. The summed E-state index contributed by atoms with van der Waals surface area (Å²) in [5, 5.41) is 0.979. The smallest absolute Gasteiger partial charge is 0.270 e. The molecule has 34 heavy (non-hydrogen) atoms. The number of carbonyl (C=O) groups is 1. The van der Waals surface area contributed by atoms with Gasteiger partial charge < -0.3 is 23.8 Å². The number of hydrogen-bond acceptors (Lipinski definition) is 6. The van der Waals surface area contributed by atoms with E-state index in [1.165, 1.54) is 0 Å². The highest BCUT2D eigenvalue weighted by Gasteiger charge is 2.26. The maximum atomic E-state index is 13.7. The maximum absolute atomic E-state index is 13.7. The number of aromatic nitrogens is 3. The quantitative estimate of drug-likeness (QED) is 0.442. The summed E-state index contributed by atoms with van der Waals surface area (Å²) in [7, 11) is 3.31. The fourth-order valence-electron chi connectivity index (χ4n) is 4.36. The van der Waals surface area contributed by atoms with E-state index in [1.807, 2.05) is 53.4 Å². The first-order chi connectivity index (χ1) is 16.7. The standard InChI is InChI=1S/C26H27N5O3/c1-33-21-6-4-19(5-7-21)18-31-23-9-8-22(34-2)16-20(23)17-24(31)25(32)29-12-14-30(15-13-29)26-27-10-3-11-28-26/h3-11,16-17H,12-15,18H2,1-2H3. The highest BCUT2D eigenvalue weighted by atomic mass is 16.5. The molecule has 0 radical (unpaired) electrons. The number of carbonyl (C=O) groups excluding carboxylic acids is 1. The largest absolute Gasteiger partial charge is 0.497 e. The van der Waals surface area contributed by atoms with Crippen molar-refractivity contribution in [3.8, 4) is 11.5 Å². The third-order valence-electron chi connectivity index (χ3n) is 6.23. The second-order valence-electron chi connectivity index (χ2n) is 8.22. The summed E-state index contributed by atoms with van der Waals surface area (Å²) in [4.78, 5) is 26.4. The fourth-order valence-corrected chi connectivity index (χ4v) is 4.36. The molecule has 1 saturated heterocycles. The molecule has 3 heterocycles. The Morgan fingerprint density at radius 2 is 1.56 bits per heavy atom. The number of piperazine rings is 1. The molecule has 1 amide bonds. The summed E-state index contributed by atoms with van der Waals surface area (Å²) in [5.74, 6) is 2.31. The minimum Gasteiger partial charge on any atom is -0.497 e. The fraction of sp³-hybridized carbons (Fsp3) is 0.269. The number of anilines is 1. The van der Waals surface area contributed by atoms with Gasteiger partial charge in [-0.25, -0.2) is 9.97 Å². The van der Waals surface area contributed by atoms with Crippen molar-refractivity contribution >= 4 is 22.8 Å². The third kappa shape index (κ3) is 4.26. The molecule has 0 saturated carbocycles. The molecule has 174 valence electrons. The van der Waals surface area contributed by atoms with Gasteiger partial charge in [0.15, 0.2) is 0 Å². The normalized spacial score (nSPS) is 13.8. The zero-order chi connectivity index (χ0) is 23.5. The van der Waals surface area contributed by atoms with Crippen LogP contribution in [0.25, 0.3) is 10.9 Å². The summed E-state index contributed by atoms with van der Waals surface area (Å²) >= 11 is 0. The summed E-state index contributed by atoms with van der Waals surface area (Å²) in [6, 6.07) is 17.6. The van der Waals surface area contributed by atoms with Crippen LogP contribution in [0, 0.1) is 0 Å². The molecule has 0 spiro atoms. The minimum atomic E-state index is 0.0253. The summed E-state index contributed by atoms with van der Waals surface area (Å²) in [6.45, 7) is 3.21. The number of nitrogens with zero attached hydrogens (tertiary/aromatic N) is 5. The van der Waals surface area contributed by atoms with E-state index >= 15 is 0 Å². The van der Waals surface area contributed by atoms with Gasteiger partial charge in [0.1, 0.15) is 17.2 Å². The SMILES string of the molecule is COc1ccc(Cn2c(C(=O)N3CCN(c4ncccn4)CC3)cc3cc(OC)ccc32)cc1. The number of amides is 1. The number of hydrogen-bond donors (Lipinski definition) is 0. The lowest BCUT2D eigenvalue weighted by atomic mass is 10.2. The molecule has 1 aliphatic heterocycles. The van der Waals surface area contributed by atoms with Crippen LogP contribution in [0.15, 0.2) is 67.0 Å². The molecule has 8 nitrogen and oxygen atoms in total. The van der Waals surface area contributed by atoms with Gasteiger partial charge in [-0.05, 0) is 48.0 Å². The van der Waals surface area contributed by atoms with Crippen LogP contribution in [-0.4, -0.2) is 65.7 Å². The van der Waals surface area contributed by atoms with E-state index in [2.05, 4.69) is 19.4 Å². The first kappa shape index (κ1) is 21.8. The van der Waals surface area contributed by atoms with Crippen molar-refractivity contribution in [2.75, 3.05) is 45.3 Å². The number of methoxy groups -OCH3 is 2. The second-order valence-corrected chi connectivity index (χ2v) is 8.22. The maximum Gasteiger partial charge on any atom is 0.270 e. The van der Waals surface area contributed by atoms with Gasteiger partial charge in [0.2, 0.25) is 5.95 Å². The van der Waals surface area contributed by atoms with E-state index in [0.29, 0.717) is 44.4 Å². The van der Waals surface area contributed by atoms with Gasteiger partial charge in [-0.1, -0.05) is 12.1 Å². The number of rotatable bonds is 6. The molecular formula is C26H27N5O3. The van der Waals surface area contributed by atoms with Crippen LogP contribution < -0.4 is 14.4 Å². The summed E-state index contributed by atoms with van der Waals surface area (Å²) in [6.07, 6.45) is 3.48. The predicted molar refractivity (Wildman–Crippen MR) is 131 cm³/mol. The van der Waals surface area contributed by atoms with Gasteiger partial charge in [0.25, 0.3) is 5.91 Å². The van der Waals surface area contributed by atoms with Crippen molar-refractivity contribution in [1.82, 2.24) is 19.4 Å². The number of benzene rings is 2. The Morgan fingerprint density at radius 1 is 0.882 bits per heavy atom. The number of ether oxygens (including phenoxy) is 2. The van der Waals surface area contributed by atoms with Crippen LogP contribution in [0.3, 0.4) is 0 Å². The van der Waals surface area contributed by atoms with Crippen LogP contribution in [0.1, 0.15) is 16.1 Å². The molecule has 8 heteroatoms. The average Bonchev–Trinajstić information content (AvgIpc) is 3.26. The van der Waals surface area contributed by atoms with E-state index in [9.17, 15) is 4.79 Å². The van der Waals surface area contributed by atoms with Crippen molar-refractivity contribution < 1.29 is 14.3 Å². The van der Waals surface area contributed by atoms with Gasteiger partial charge in [0, 0.05) is 56.0 Å². The molecule has 0 unspecified atom stereocenters. The first-order valence-corrected chi connectivity index (χ1v) is 11.3. The van der Waals surface area contributed by atoms with E-state index in [-0.39, 0.29) is 5.91 Å². The third-order valence-corrected chi connectivity index (χ3v) is 6.23. The average molecular weight is 458 g/mol. The Labute approximate surface area is 198 Å². The predicted octanol–water partition coefficient (Wildman–Crippen LogP) is 3.46. The molecule has 4 aromatic rings. The summed E-state index contributed by atoms with van der Waals surface area (Å²) < 4.78 is 12.8. The van der Waals surface area contributed by atoms with Gasteiger partial charge in [-0.15, -0.1) is 0 Å². The minimum absolute atomic E-state index is 0.0253. The molecule has 0 atom stereocenters. The molecule has 1 aliphatic rings. The Morgan fingerprint density at radius 3 is 2.24 bits per heavy atom. The van der Waals surface area contributed by atoms with Crippen molar-refractivity contribution in [1.29, 1.82) is 0 Å². The lowest BCUT2D eigenvalue weighted by Crippen LogP contribution is -2.49. The zero-order valence-electron chi connectivity index (χ0n) is 19.3. The molecule has 0 N–H and O–H groups in total. The molecule has 2 aromatic heterocycles. The highest BCUT2D eigenvalue weighted by molar-refractivity contribution is 5.99. The van der Waals surface area contributed by atoms with E-state index in [4.69, 9.17) is 9.47 Å². The van der Waals surface area contributed by atoms with Crippen molar-refractivity contribution in [3.05, 3.63) is 78.2 Å². The monoisotopic (exact) mass is 457 g/mol. The first-order valence-electron chi connectivity index (χ1n) is 11.3. The summed E-state index contributed by atoms with van der Waals surface area (Å²) in [5.41, 5.74) is 2.76. The lowest BCUT2D eigenvalue weighted by molar-refractivity contribution is 0.0736. The Kier molecular flexibility index (Phi) is 6.03. The van der Waals surface area contributed by atoms with Gasteiger partial charge in [-0.2, -0.15) is 0 Å². The molecular weight excluding hydrogens is 430 g/mol. The van der Waals surface area contributed by atoms with Crippen LogP contribution in [-0.2, 0) is 6.54 Å². The van der Waals surface area contributed by atoms with Crippen LogP contribution in [0.2, 0.25) is 0 Å². The molecule has 1 fully saturated rings. The highest BCUT2D eigenvalue weighted by Crippen LogP contribution is 2.27. The molecule has 5 rings (SSSR count). The topological polar surface area (TPSA) is 72.7 Å². The van der Waals surface area contributed by atoms with Crippen LogP contribution in [0.5, 0.6) is 11.5 Å². The Hall–Kier alpha value is -4.07. The van der Waals surface area contributed by atoms with Crippen molar-refractivity contribution in [2.24, 2.45) is 0 Å². The van der Waals surface area contributed by atoms with E-state index < -0.39 is 0 Å². The van der Waals surface area contributed by atoms with Crippen LogP contribution >= 0.6 is 0 Å². The Bertz CT molecular complexity index is 1280. The second kappa shape index (κ2) is 9.43. The Balaban J connectivity index is 1.43. The van der Waals surface area contributed by atoms with Crippen molar-refractivity contribution in [2.45, 2.75) is 6.54 Å². The molecule has 2 aromatic carbocycles. The zero-order valence-corrected chi connectivity index (χ0v) is 19.3. The van der Waals surface area contributed by atoms with Gasteiger partial charge in [-0.3, -0.25) is 4.79 Å².